The number of nitrogens with zero attached hydrogens (tertiary/aromatic N) is 1. The van der Waals surface area contributed by atoms with Crippen LogP contribution in [0.5, 0.6) is 0 Å². The van der Waals surface area contributed by atoms with Crippen LogP contribution in [0.3, 0.4) is 0 Å². The molecular weight excluding hydrogens is 286 g/mol. The van der Waals surface area contributed by atoms with Gasteiger partial charge in [0.15, 0.2) is 0 Å². The highest BCUT2D eigenvalue weighted by atomic mass is 16.4. The third kappa shape index (κ3) is 10.1. The van der Waals surface area contributed by atoms with Gasteiger partial charge in [0.2, 0.25) is 0 Å². The average Bonchev–Trinajstić information content (AvgIpc) is 2.56. The van der Waals surface area contributed by atoms with Crippen LogP contribution in [-0.2, 0) is 6.42 Å². The molecule has 3 heteroatoms. The van der Waals surface area contributed by atoms with Gasteiger partial charge in [0.1, 0.15) is 0 Å². The van der Waals surface area contributed by atoms with E-state index in [2.05, 4.69) is 11.9 Å². The Morgan fingerprint density at radius 2 is 1.43 bits per heavy atom. The van der Waals surface area contributed by atoms with Crippen molar-refractivity contribution in [1.29, 1.82) is 0 Å². The molecule has 1 aromatic rings. The number of carboxylic acids is 1. The highest BCUT2D eigenvalue weighted by Gasteiger charge is 2.03. The lowest BCUT2D eigenvalue weighted by Gasteiger charge is -2.04. The van der Waals surface area contributed by atoms with Crippen molar-refractivity contribution in [2.75, 3.05) is 0 Å². The molecule has 3 nitrogen and oxygen atoms in total. The van der Waals surface area contributed by atoms with Gasteiger partial charge in [-0.05, 0) is 25.0 Å². The van der Waals surface area contributed by atoms with E-state index in [4.69, 9.17) is 5.11 Å². The Labute approximate surface area is 141 Å². The first-order chi connectivity index (χ1) is 11.2. The molecule has 23 heavy (non-hydrogen) atoms. The fourth-order valence-electron chi connectivity index (χ4n) is 2.90. The molecule has 0 aliphatic rings. The summed E-state index contributed by atoms with van der Waals surface area (Å²) in [5.74, 6) is -0.872. The number of aryl methyl sites for hydroxylation is 1. The number of carboxylic acid groups (broad SMARTS) is 1. The van der Waals surface area contributed by atoms with Crippen LogP contribution in [0.2, 0.25) is 0 Å². The van der Waals surface area contributed by atoms with Crippen LogP contribution in [0, 0.1) is 0 Å². The van der Waals surface area contributed by atoms with Crippen molar-refractivity contribution in [3.05, 3.63) is 29.6 Å². The van der Waals surface area contributed by atoms with Crippen molar-refractivity contribution in [1.82, 2.24) is 4.98 Å². The normalized spacial score (nSPS) is 10.8. The number of hydrogen-bond acceptors (Lipinski definition) is 2. The third-order valence-corrected chi connectivity index (χ3v) is 4.35. The van der Waals surface area contributed by atoms with Crippen LogP contribution in [0.4, 0.5) is 0 Å². The second-order valence-corrected chi connectivity index (χ2v) is 6.48. The van der Waals surface area contributed by atoms with E-state index in [1.54, 1.807) is 18.3 Å². The molecule has 0 aromatic carbocycles. The largest absolute Gasteiger partial charge is 0.478 e. The summed E-state index contributed by atoms with van der Waals surface area (Å²) in [4.78, 5) is 15.1. The SMILES string of the molecule is CCCCCCCCCCCCCCc1cc(C(=O)O)ccn1. The smallest absolute Gasteiger partial charge is 0.335 e. The second-order valence-electron chi connectivity index (χ2n) is 6.48. The van der Waals surface area contributed by atoms with Gasteiger partial charge in [-0.3, -0.25) is 4.98 Å². The van der Waals surface area contributed by atoms with E-state index in [0.717, 1.165) is 18.5 Å². The van der Waals surface area contributed by atoms with Crippen LogP contribution in [-0.4, -0.2) is 16.1 Å². The molecule has 0 aliphatic heterocycles. The molecule has 0 spiro atoms. The molecule has 0 radical (unpaired) electrons. The first-order valence-electron chi connectivity index (χ1n) is 9.42. The maximum Gasteiger partial charge on any atom is 0.335 e. The first-order valence-corrected chi connectivity index (χ1v) is 9.42. The summed E-state index contributed by atoms with van der Waals surface area (Å²) in [5.41, 5.74) is 1.24. The van der Waals surface area contributed by atoms with E-state index < -0.39 is 5.97 Å². The molecule has 1 N–H and O–H groups in total. The molecule has 1 aromatic heterocycles. The van der Waals surface area contributed by atoms with Crippen LogP contribution in [0.25, 0.3) is 0 Å². The summed E-state index contributed by atoms with van der Waals surface area (Å²) >= 11 is 0. The summed E-state index contributed by atoms with van der Waals surface area (Å²) in [6.07, 6.45) is 18.5. The monoisotopic (exact) mass is 319 g/mol. The van der Waals surface area contributed by atoms with Gasteiger partial charge in [0.25, 0.3) is 0 Å². The number of hydrogen-bond donors (Lipinski definition) is 1. The molecule has 0 unspecified atom stereocenters. The lowest BCUT2D eigenvalue weighted by atomic mass is 10.0. The minimum absolute atomic E-state index is 0.342. The van der Waals surface area contributed by atoms with E-state index in [1.807, 2.05) is 0 Å². The zero-order chi connectivity index (χ0) is 16.8. The number of rotatable bonds is 14. The van der Waals surface area contributed by atoms with E-state index >= 15 is 0 Å². The van der Waals surface area contributed by atoms with Crippen LogP contribution < -0.4 is 0 Å². The summed E-state index contributed by atoms with van der Waals surface area (Å²) < 4.78 is 0. The minimum Gasteiger partial charge on any atom is -0.478 e. The summed E-state index contributed by atoms with van der Waals surface area (Å²) in [6.45, 7) is 2.26. The van der Waals surface area contributed by atoms with E-state index in [1.165, 1.54) is 70.6 Å². The molecule has 0 aliphatic carbocycles. The number of aromatic nitrogens is 1. The van der Waals surface area contributed by atoms with Crippen molar-refractivity contribution in [3.8, 4) is 0 Å². The number of aromatic carboxylic acids is 1. The summed E-state index contributed by atoms with van der Waals surface area (Å²) in [5, 5.41) is 8.95. The number of carbonyl (C=O) groups is 1. The molecule has 0 saturated heterocycles. The van der Waals surface area contributed by atoms with E-state index in [9.17, 15) is 4.79 Å². The van der Waals surface area contributed by atoms with Gasteiger partial charge in [-0.1, -0.05) is 77.6 Å². The fourth-order valence-corrected chi connectivity index (χ4v) is 2.90. The van der Waals surface area contributed by atoms with Crippen molar-refractivity contribution >= 4 is 5.97 Å². The van der Waals surface area contributed by atoms with Crippen molar-refractivity contribution in [2.45, 2.75) is 90.4 Å². The Morgan fingerprint density at radius 3 is 1.96 bits per heavy atom. The van der Waals surface area contributed by atoms with Gasteiger partial charge >= 0.3 is 5.97 Å². The van der Waals surface area contributed by atoms with Gasteiger partial charge in [0.05, 0.1) is 5.56 Å². The topological polar surface area (TPSA) is 50.2 Å². The molecule has 1 rings (SSSR count). The molecule has 130 valence electrons. The predicted molar refractivity (Wildman–Crippen MR) is 96.0 cm³/mol. The summed E-state index contributed by atoms with van der Waals surface area (Å²) in [7, 11) is 0. The molecule has 1 heterocycles. The minimum atomic E-state index is -0.872. The van der Waals surface area contributed by atoms with E-state index in [-0.39, 0.29) is 0 Å². The first kappa shape index (κ1) is 19.7. The molecule has 0 amide bonds. The molecular formula is C20H33NO2. The van der Waals surface area contributed by atoms with Crippen LogP contribution >= 0.6 is 0 Å². The zero-order valence-corrected chi connectivity index (χ0v) is 14.7. The Kier molecular flexibility index (Phi) is 11.2. The lowest BCUT2D eigenvalue weighted by molar-refractivity contribution is 0.0696. The molecule has 0 bridgehead atoms. The average molecular weight is 319 g/mol. The lowest BCUT2D eigenvalue weighted by Crippen LogP contribution is -1.99. The van der Waals surface area contributed by atoms with Gasteiger partial charge in [-0.15, -0.1) is 0 Å². The van der Waals surface area contributed by atoms with Crippen LogP contribution in [0.15, 0.2) is 18.3 Å². The molecule has 0 saturated carbocycles. The third-order valence-electron chi connectivity index (χ3n) is 4.35. The van der Waals surface area contributed by atoms with Gasteiger partial charge in [0, 0.05) is 11.9 Å². The number of pyridine rings is 1. The molecule has 0 atom stereocenters. The Morgan fingerprint density at radius 1 is 0.913 bits per heavy atom. The second kappa shape index (κ2) is 13.1. The maximum atomic E-state index is 10.9. The quantitative estimate of drug-likeness (QED) is 0.426. The fraction of sp³-hybridized carbons (Fsp3) is 0.700. The summed E-state index contributed by atoms with van der Waals surface area (Å²) in [6, 6.07) is 3.25. The Hall–Kier alpha value is -1.38. The van der Waals surface area contributed by atoms with Gasteiger partial charge in [-0.2, -0.15) is 0 Å². The van der Waals surface area contributed by atoms with Crippen molar-refractivity contribution < 1.29 is 9.90 Å². The highest BCUT2D eigenvalue weighted by molar-refractivity contribution is 5.87. The van der Waals surface area contributed by atoms with Gasteiger partial charge < -0.3 is 5.11 Å². The Balaban J connectivity index is 1.93. The van der Waals surface area contributed by atoms with Crippen LogP contribution in [0.1, 0.15) is 100 Å². The standard InChI is InChI=1S/C20H33NO2/c1-2-3-4-5-6-7-8-9-10-11-12-13-14-19-17-18(20(22)23)15-16-21-19/h15-17H,2-14H2,1H3,(H,22,23). The van der Waals surface area contributed by atoms with Crippen molar-refractivity contribution in [3.63, 3.8) is 0 Å². The zero-order valence-electron chi connectivity index (χ0n) is 14.7. The Bertz CT molecular complexity index is 431. The molecule has 0 fully saturated rings. The highest BCUT2D eigenvalue weighted by Crippen LogP contribution is 2.13. The predicted octanol–water partition coefficient (Wildman–Crippen LogP) is 6.02. The van der Waals surface area contributed by atoms with E-state index in [0.29, 0.717) is 5.56 Å². The van der Waals surface area contributed by atoms with Crippen molar-refractivity contribution in [2.24, 2.45) is 0 Å². The number of unbranched alkanes of at least 4 members (excludes halogenated alkanes) is 11. The van der Waals surface area contributed by atoms with Gasteiger partial charge in [-0.25, -0.2) is 4.79 Å². The maximum absolute atomic E-state index is 10.9.